The molecule has 4 nitrogen and oxygen atoms in total. The quantitative estimate of drug-likeness (QED) is 0.161. The summed E-state index contributed by atoms with van der Waals surface area (Å²) in [6, 6.07) is 77.2. The van der Waals surface area contributed by atoms with Gasteiger partial charge in [0.15, 0.2) is 5.82 Å². The van der Waals surface area contributed by atoms with Gasteiger partial charge in [0.05, 0.1) is 22.6 Å². The molecule has 12 rings (SSSR count). The molecule has 0 unspecified atom stereocenters. The molecule has 0 bridgehead atoms. The molecule has 0 spiro atoms. The number of thiophene rings is 1. The number of hydrogen-bond acceptors (Lipinski definition) is 4. The first-order valence-electron chi connectivity index (χ1n) is 20.9. The summed E-state index contributed by atoms with van der Waals surface area (Å²) in [7, 11) is 0. The third-order valence-corrected chi connectivity index (χ3v) is 13.1. The van der Waals surface area contributed by atoms with Gasteiger partial charge in [-0.1, -0.05) is 200 Å². The molecule has 0 amide bonds. The van der Waals surface area contributed by atoms with E-state index in [1.807, 2.05) is 29.5 Å². The van der Waals surface area contributed by atoms with Gasteiger partial charge in [0.2, 0.25) is 0 Å². The minimum Gasteiger partial charge on any atom is -0.231 e. The summed E-state index contributed by atoms with van der Waals surface area (Å²) < 4.78 is 4.76. The highest BCUT2D eigenvalue weighted by Gasteiger charge is 2.22. The maximum absolute atomic E-state index is 5.40. The molecule has 0 saturated carbocycles. The van der Waals surface area contributed by atoms with Crippen LogP contribution in [0.3, 0.4) is 0 Å². The minimum absolute atomic E-state index is 0.690. The van der Waals surface area contributed by atoms with Crippen molar-refractivity contribution in [2.75, 3.05) is 0 Å². The lowest BCUT2D eigenvalue weighted by atomic mass is 9.95. The van der Waals surface area contributed by atoms with Crippen molar-refractivity contribution >= 4 is 47.8 Å². The van der Waals surface area contributed by atoms with Gasteiger partial charge in [-0.05, 0) is 40.3 Å². The van der Waals surface area contributed by atoms with Crippen LogP contribution in [0, 0.1) is 0 Å². The summed E-state index contributed by atoms with van der Waals surface area (Å²) >= 11 is 1.86. The van der Waals surface area contributed by atoms with E-state index in [9.17, 15) is 0 Å². The zero-order valence-electron chi connectivity index (χ0n) is 33.5. The predicted octanol–water partition coefficient (Wildman–Crippen LogP) is 15.3. The molecule has 4 heterocycles. The second-order valence-electron chi connectivity index (χ2n) is 15.6. The van der Waals surface area contributed by atoms with Gasteiger partial charge in [0.25, 0.3) is 0 Å². The van der Waals surface area contributed by atoms with Crippen LogP contribution in [0.4, 0.5) is 0 Å². The fourth-order valence-electron chi connectivity index (χ4n) is 8.84. The van der Waals surface area contributed by atoms with Crippen molar-refractivity contribution in [2.45, 2.75) is 0 Å². The summed E-state index contributed by atoms with van der Waals surface area (Å²) in [5.74, 6) is 0.690. The van der Waals surface area contributed by atoms with Crippen molar-refractivity contribution in [2.24, 2.45) is 0 Å². The highest BCUT2D eigenvalue weighted by Crippen LogP contribution is 2.43. The number of nitrogens with zero attached hydrogens (tertiary/aromatic N) is 4. The average molecular weight is 809 g/mol. The van der Waals surface area contributed by atoms with Crippen LogP contribution in [0.15, 0.2) is 218 Å². The van der Waals surface area contributed by atoms with E-state index in [2.05, 4.69) is 205 Å². The monoisotopic (exact) mass is 808 g/mol. The van der Waals surface area contributed by atoms with E-state index in [1.54, 1.807) is 0 Å². The van der Waals surface area contributed by atoms with E-state index in [1.165, 1.54) is 36.7 Å². The largest absolute Gasteiger partial charge is 0.231 e. The lowest BCUT2D eigenvalue weighted by Gasteiger charge is -2.12. The van der Waals surface area contributed by atoms with E-state index in [4.69, 9.17) is 15.1 Å². The van der Waals surface area contributed by atoms with Crippen LogP contribution in [0.1, 0.15) is 0 Å². The molecule has 0 atom stereocenters. The molecule has 0 aliphatic heterocycles. The first kappa shape index (κ1) is 35.9. The van der Waals surface area contributed by atoms with Gasteiger partial charge < -0.3 is 0 Å². The Morgan fingerprint density at radius 1 is 0.387 bits per heavy atom. The average Bonchev–Trinajstić information content (AvgIpc) is 3.95. The van der Waals surface area contributed by atoms with Gasteiger partial charge >= 0.3 is 0 Å². The summed E-state index contributed by atoms with van der Waals surface area (Å²) in [5, 5.41) is 10.3. The van der Waals surface area contributed by atoms with Gasteiger partial charge in [-0.2, -0.15) is 5.10 Å². The molecule has 0 saturated heterocycles. The molecular weight excluding hydrogens is 773 g/mol. The zero-order valence-corrected chi connectivity index (χ0v) is 34.3. The molecule has 4 aromatic heterocycles. The van der Waals surface area contributed by atoms with Crippen molar-refractivity contribution in [1.82, 2.24) is 19.6 Å². The molecule has 62 heavy (non-hydrogen) atoms. The van der Waals surface area contributed by atoms with E-state index in [0.29, 0.717) is 5.82 Å². The van der Waals surface area contributed by atoms with Gasteiger partial charge in [0, 0.05) is 58.9 Å². The molecule has 0 radical (unpaired) electrons. The number of rotatable bonds is 7. The summed E-state index contributed by atoms with van der Waals surface area (Å²) in [6.45, 7) is 0. The SMILES string of the molecule is c1ccc(-c2nc(-c3ccc(-c4cccc5c4sc4ccccc45)cc3)cc(-c3ccc(-c4c(-c5ccccc5)nn5c(-c6ccccc6)cc6ccccc6c45)cc3)n2)cc1. The van der Waals surface area contributed by atoms with Gasteiger partial charge in [-0.25, -0.2) is 14.5 Å². The Hall–Kier alpha value is -7.99. The predicted molar refractivity (Wildman–Crippen MR) is 259 cm³/mol. The summed E-state index contributed by atoms with van der Waals surface area (Å²) in [4.78, 5) is 10.3. The van der Waals surface area contributed by atoms with E-state index >= 15 is 0 Å². The number of hydrogen-bond donors (Lipinski definition) is 0. The first-order chi connectivity index (χ1) is 30.7. The van der Waals surface area contributed by atoms with Crippen molar-refractivity contribution in [1.29, 1.82) is 0 Å². The number of aromatic nitrogens is 4. The van der Waals surface area contributed by atoms with Crippen molar-refractivity contribution in [3.05, 3.63) is 218 Å². The maximum Gasteiger partial charge on any atom is 0.160 e. The zero-order chi connectivity index (χ0) is 41.0. The smallest absolute Gasteiger partial charge is 0.160 e. The third-order valence-electron chi connectivity index (χ3n) is 11.9. The van der Waals surface area contributed by atoms with E-state index in [0.717, 1.165) is 72.6 Å². The van der Waals surface area contributed by atoms with Crippen molar-refractivity contribution in [3.8, 4) is 78.7 Å². The van der Waals surface area contributed by atoms with E-state index < -0.39 is 0 Å². The molecule has 0 aliphatic rings. The lowest BCUT2D eigenvalue weighted by Crippen LogP contribution is -1.96. The summed E-state index contributed by atoms with van der Waals surface area (Å²) in [6.07, 6.45) is 0. The van der Waals surface area contributed by atoms with Crippen molar-refractivity contribution in [3.63, 3.8) is 0 Å². The van der Waals surface area contributed by atoms with Gasteiger partial charge in [-0.3, -0.25) is 0 Å². The molecule has 0 fully saturated rings. The number of benzene rings is 8. The van der Waals surface area contributed by atoms with E-state index in [-0.39, 0.29) is 0 Å². The molecular formula is C57H36N4S. The highest BCUT2D eigenvalue weighted by molar-refractivity contribution is 7.26. The second kappa shape index (κ2) is 14.9. The van der Waals surface area contributed by atoms with Crippen LogP contribution in [-0.4, -0.2) is 19.6 Å². The molecule has 0 N–H and O–H groups in total. The Morgan fingerprint density at radius 2 is 0.935 bits per heavy atom. The number of pyridine rings is 1. The van der Waals surface area contributed by atoms with Gasteiger partial charge in [-0.15, -0.1) is 11.3 Å². The van der Waals surface area contributed by atoms with Crippen LogP contribution in [-0.2, 0) is 0 Å². The Bertz CT molecular complexity index is 3590. The first-order valence-corrected chi connectivity index (χ1v) is 21.7. The fraction of sp³-hybridized carbons (Fsp3) is 0. The Balaban J connectivity index is 0.983. The summed E-state index contributed by atoms with van der Waals surface area (Å²) in [5.41, 5.74) is 14.6. The standard InChI is InChI=1S/C57H36N4S/c1-4-15-40(16-5-1)51-35-44-21-10-11-22-45(44)55-53(54(60-61(51)55)42-17-6-2-7-18-42)41-33-31-39(32-34-41)50-36-49(58-57(59-50)43-19-8-3-9-20-43)38-29-27-37(28-30-38)46-24-14-25-48-47-23-12-13-26-52(47)62-56(46)48/h1-36H. The lowest BCUT2D eigenvalue weighted by molar-refractivity contribution is 0.979. The Labute approximate surface area is 362 Å². The topological polar surface area (TPSA) is 43.1 Å². The van der Waals surface area contributed by atoms with Crippen LogP contribution in [0.2, 0.25) is 0 Å². The maximum atomic E-state index is 5.40. The van der Waals surface area contributed by atoms with Gasteiger partial charge in [0.1, 0.15) is 5.69 Å². The van der Waals surface area contributed by atoms with Crippen LogP contribution in [0.25, 0.3) is 115 Å². The third kappa shape index (κ3) is 6.18. The molecule has 5 heteroatoms. The molecule has 8 aromatic carbocycles. The van der Waals surface area contributed by atoms with Crippen LogP contribution < -0.4 is 0 Å². The van der Waals surface area contributed by atoms with Crippen LogP contribution in [0.5, 0.6) is 0 Å². The number of fused-ring (bicyclic) bond motifs is 6. The minimum atomic E-state index is 0.690. The highest BCUT2D eigenvalue weighted by atomic mass is 32.1. The second-order valence-corrected chi connectivity index (χ2v) is 16.6. The molecule has 0 aliphatic carbocycles. The van der Waals surface area contributed by atoms with Crippen molar-refractivity contribution < 1.29 is 0 Å². The Morgan fingerprint density at radius 3 is 1.63 bits per heavy atom. The molecule has 12 aromatic rings. The normalized spacial score (nSPS) is 11.5. The Kier molecular flexibility index (Phi) is 8.65. The molecule has 290 valence electrons. The van der Waals surface area contributed by atoms with Crippen LogP contribution >= 0.6 is 11.3 Å². The fourth-order valence-corrected chi connectivity index (χ4v) is 10.1.